The number of hydrogen-bond donors (Lipinski definition) is 2. The summed E-state index contributed by atoms with van der Waals surface area (Å²) in [5.41, 5.74) is 3.66. The van der Waals surface area contributed by atoms with Crippen molar-refractivity contribution in [2.45, 2.75) is 0 Å². The summed E-state index contributed by atoms with van der Waals surface area (Å²) in [4.78, 5) is 8.18. The molecule has 0 atom stereocenters. The van der Waals surface area contributed by atoms with Crippen LogP contribution in [0.1, 0.15) is 5.82 Å². The van der Waals surface area contributed by atoms with E-state index in [9.17, 15) is 8.42 Å². The van der Waals surface area contributed by atoms with E-state index >= 15 is 0 Å². The van der Waals surface area contributed by atoms with Crippen molar-refractivity contribution in [3.05, 3.63) is 42.8 Å². The molecule has 0 bridgehead atoms. The standard InChI is InChI=1S/C10H12N4O3S/c15-18(16,17)7-6-14-5-2-9(8-13-14)10-11-3-1-4-12-10/h1-5,8,13H,6-7H2,(H,15,16,17). The summed E-state index contributed by atoms with van der Waals surface area (Å²) < 4.78 is 29.8. The average molecular weight is 268 g/mol. The Labute approximate surface area is 105 Å². The van der Waals surface area contributed by atoms with Crippen molar-refractivity contribution in [3.8, 4) is 0 Å². The van der Waals surface area contributed by atoms with E-state index in [2.05, 4.69) is 15.4 Å². The molecule has 0 radical (unpaired) electrons. The Morgan fingerprint density at radius 1 is 1.33 bits per heavy atom. The van der Waals surface area contributed by atoms with E-state index in [4.69, 9.17) is 4.55 Å². The molecule has 0 saturated carbocycles. The van der Waals surface area contributed by atoms with Gasteiger partial charge >= 0.3 is 0 Å². The monoisotopic (exact) mass is 268 g/mol. The van der Waals surface area contributed by atoms with Crippen LogP contribution in [0.2, 0.25) is 0 Å². The fourth-order valence-electron chi connectivity index (χ4n) is 1.35. The zero-order valence-electron chi connectivity index (χ0n) is 9.39. The molecule has 8 heteroatoms. The maximum absolute atomic E-state index is 10.6. The van der Waals surface area contributed by atoms with Gasteiger partial charge in [0, 0.05) is 30.4 Å². The molecule has 2 rings (SSSR count). The molecular formula is C10H12N4O3S. The highest BCUT2D eigenvalue weighted by molar-refractivity contribution is 7.85. The van der Waals surface area contributed by atoms with Gasteiger partial charge in [-0.3, -0.25) is 9.56 Å². The number of nitrogens with zero attached hydrogens (tertiary/aromatic N) is 3. The van der Waals surface area contributed by atoms with E-state index in [0.29, 0.717) is 5.82 Å². The van der Waals surface area contributed by atoms with Crippen molar-refractivity contribution in [2.75, 3.05) is 12.3 Å². The first kappa shape index (κ1) is 12.5. The number of hydrazine groups is 1. The van der Waals surface area contributed by atoms with Gasteiger partial charge in [0.15, 0.2) is 5.82 Å². The molecule has 0 fully saturated rings. The third-order valence-corrected chi connectivity index (χ3v) is 2.93. The van der Waals surface area contributed by atoms with Gasteiger partial charge in [0.05, 0.1) is 12.3 Å². The number of hydrogen-bond acceptors (Lipinski definition) is 6. The fourth-order valence-corrected chi connectivity index (χ4v) is 1.78. The van der Waals surface area contributed by atoms with Crippen molar-refractivity contribution >= 4 is 15.7 Å². The molecule has 2 heterocycles. The molecule has 0 aromatic carbocycles. The maximum Gasteiger partial charge on any atom is 0.266 e. The van der Waals surface area contributed by atoms with E-state index < -0.39 is 10.1 Å². The van der Waals surface area contributed by atoms with Crippen LogP contribution in [-0.2, 0) is 10.1 Å². The second kappa shape index (κ2) is 5.15. The first-order valence-corrected chi connectivity index (χ1v) is 6.79. The Morgan fingerprint density at radius 2 is 2.06 bits per heavy atom. The van der Waals surface area contributed by atoms with Crippen LogP contribution in [-0.4, -0.2) is 40.2 Å². The van der Waals surface area contributed by atoms with Crippen LogP contribution >= 0.6 is 0 Å². The van der Waals surface area contributed by atoms with Gasteiger partial charge in [0.25, 0.3) is 10.1 Å². The van der Waals surface area contributed by atoms with Gasteiger partial charge in [-0.1, -0.05) is 0 Å². The van der Waals surface area contributed by atoms with Crippen molar-refractivity contribution in [1.82, 2.24) is 20.4 Å². The molecule has 18 heavy (non-hydrogen) atoms. The number of nitrogens with one attached hydrogen (secondary N) is 1. The van der Waals surface area contributed by atoms with Crippen molar-refractivity contribution in [3.63, 3.8) is 0 Å². The molecule has 0 aliphatic carbocycles. The average Bonchev–Trinajstić information content (AvgIpc) is 2.37. The van der Waals surface area contributed by atoms with Gasteiger partial charge < -0.3 is 5.43 Å². The first-order valence-electron chi connectivity index (χ1n) is 5.18. The lowest BCUT2D eigenvalue weighted by molar-refractivity contribution is 0.327. The van der Waals surface area contributed by atoms with E-state index in [1.54, 1.807) is 41.9 Å². The molecule has 0 spiro atoms. The molecule has 0 unspecified atom stereocenters. The van der Waals surface area contributed by atoms with Crippen LogP contribution in [0.3, 0.4) is 0 Å². The van der Waals surface area contributed by atoms with E-state index in [-0.39, 0.29) is 12.3 Å². The van der Waals surface area contributed by atoms with Crippen LogP contribution in [0.25, 0.3) is 5.57 Å². The van der Waals surface area contributed by atoms with Gasteiger partial charge in [0.2, 0.25) is 0 Å². The SMILES string of the molecule is O=S(=O)(O)CCN1C=CC(c2ncccn2)=CN1. The first-order chi connectivity index (χ1) is 8.54. The van der Waals surface area contributed by atoms with Crippen LogP contribution in [0.15, 0.2) is 36.9 Å². The van der Waals surface area contributed by atoms with E-state index in [0.717, 1.165) is 5.57 Å². The topological polar surface area (TPSA) is 95.4 Å². The van der Waals surface area contributed by atoms with Crippen LogP contribution < -0.4 is 5.43 Å². The van der Waals surface area contributed by atoms with Gasteiger partial charge in [-0.2, -0.15) is 8.42 Å². The Bertz CT molecular complexity index is 568. The molecule has 0 saturated heterocycles. The summed E-state index contributed by atoms with van der Waals surface area (Å²) in [5.74, 6) is 0.241. The summed E-state index contributed by atoms with van der Waals surface area (Å²) >= 11 is 0. The predicted octanol–water partition coefficient (Wildman–Crippen LogP) is 0.0392. The van der Waals surface area contributed by atoms with Gasteiger partial charge in [-0.15, -0.1) is 0 Å². The molecule has 7 nitrogen and oxygen atoms in total. The Hall–Kier alpha value is -1.93. The van der Waals surface area contributed by atoms with Gasteiger partial charge in [-0.05, 0) is 12.1 Å². The molecule has 1 aromatic rings. The fraction of sp³-hybridized carbons (Fsp3) is 0.200. The Morgan fingerprint density at radius 3 is 2.61 bits per heavy atom. The quantitative estimate of drug-likeness (QED) is 0.744. The third kappa shape index (κ3) is 3.54. The molecule has 1 aliphatic rings. The zero-order chi connectivity index (χ0) is 13.0. The zero-order valence-corrected chi connectivity index (χ0v) is 10.2. The second-order valence-corrected chi connectivity index (χ2v) is 5.17. The maximum atomic E-state index is 10.6. The molecule has 1 aromatic heterocycles. The lowest BCUT2D eigenvalue weighted by atomic mass is 10.2. The predicted molar refractivity (Wildman–Crippen MR) is 65.4 cm³/mol. The van der Waals surface area contributed by atoms with E-state index in [1.165, 1.54) is 0 Å². The summed E-state index contributed by atoms with van der Waals surface area (Å²) in [6.07, 6.45) is 8.37. The lowest BCUT2D eigenvalue weighted by Gasteiger charge is -2.23. The van der Waals surface area contributed by atoms with Crippen molar-refractivity contribution < 1.29 is 13.0 Å². The summed E-state index contributed by atoms with van der Waals surface area (Å²) in [6, 6.07) is 1.72. The third-order valence-electron chi connectivity index (χ3n) is 2.23. The highest BCUT2D eigenvalue weighted by Crippen LogP contribution is 2.12. The minimum Gasteiger partial charge on any atom is -0.305 e. The summed E-state index contributed by atoms with van der Waals surface area (Å²) in [6.45, 7) is 0.148. The number of aromatic nitrogens is 2. The second-order valence-electron chi connectivity index (χ2n) is 3.60. The smallest absolute Gasteiger partial charge is 0.266 e. The van der Waals surface area contributed by atoms with Crippen molar-refractivity contribution in [2.24, 2.45) is 0 Å². The molecule has 2 N–H and O–H groups in total. The Balaban J connectivity index is 1.96. The highest BCUT2D eigenvalue weighted by Gasteiger charge is 2.10. The summed E-state index contributed by atoms with van der Waals surface area (Å²) in [7, 11) is -3.95. The highest BCUT2D eigenvalue weighted by atomic mass is 32.2. The molecule has 0 amide bonds. The largest absolute Gasteiger partial charge is 0.305 e. The van der Waals surface area contributed by atoms with Gasteiger partial charge in [-0.25, -0.2) is 9.97 Å². The normalized spacial score (nSPS) is 15.2. The van der Waals surface area contributed by atoms with Crippen LogP contribution in [0.5, 0.6) is 0 Å². The molecule has 96 valence electrons. The Kier molecular flexibility index (Phi) is 3.58. The van der Waals surface area contributed by atoms with Crippen molar-refractivity contribution in [1.29, 1.82) is 0 Å². The van der Waals surface area contributed by atoms with E-state index in [1.807, 2.05) is 0 Å². The number of rotatable bonds is 4. The van der Waals surface area contributed by atoms with Crippen LogP contribution in [0, 0.1) is 0 Å². The lowest BCUT2D eigenvalue weighted by Crippen LogP contribution is -2.35. The minimum atomic E-state index is -3.95. The summed E-state index contributed by atoms with van der Waals surface area (Å²) in [5, 5.41) is 1.54. The minimum absolute atomic E-state index is 0.148. The van der Waals surface area contributed by atoms with Gasteiger partial charge in [0.1, 0.15) is 0 Å². The molecule has 1 aliphatic heterocycles. The van der Waals surface area contributed by atoms with Crippen LogP contribution in [0.4, 0.5) is 0 Å². The molecular weight excluding hydrogens is 256 g/mol. The number of allylic oxidation sites excluding steroid dienone is 2.